The van der Waals surface area contributed by atoms with E-state index >= 15 is 0 Å². The smallest absolute Gasteiger partial charge is 0.263 e. The topological polar surface area (TPSA) is 60.5 Å². The highest BCUT2D eigenvalue weighted by Crippen LogP contribution is 2.39. The lowest BCUT2D eigenvalue weighted by atomic mass is 9.86. The standard InChI is InChI=1S/C15H22N2O3S/c1-10-3-5-15(6-4-10)19-8-12(20-15)7-16-14(18)13-11(2)17-9-21-13/h9-10,12H,3-8H2,1-2H3,(H,16,18)/t10?,12-,15?/m0/s1. The van der Waals surface area contributed by atoms with E-state index < -0.39 is 0 Å². The molecule has 1 spiro atoms. The molecule has 1 aliphatic heterocycles. The minimum absolute atomic E-state index is 0.0458. The zero-order valence-electron chi connectivity index (χ0n) is 12.6. The molecule has 2 heterocycles. The number of hydrogen-bond acceptors (Lipinski definition) is 5. The van der Waals surface area contributed by atoms with Crippen molar-refractivity contribution in [3.63, 3.8) is 0 Å². The largest absolute Gasteiger partial charge is 0.349 e. The van der Waals surface area contributed by atoms with Gasteiger partial charge in [-0.15, -0.1) is 11.3 Å². The van der Waals surface area contributed by atoms with Crippen molar-refractivity contribution in [1.82, 2.24) is 10.3 Å². The molecular formula is C15H22N2O3S. The minimum atomic E-state index is -0.387. The third-order valence-corrected chi connectivity index (χ3v) is 5.32. The molecule has 1 N–H and O–H groups in total. The Labute approximate surface area is 129 Å². The Morgan fingerprint density at radius 2 is 2.29 bits per heavy atom. The predicted molar refractivity (Wildman–Crippen MR) is 80.4 cm³/mol. The van der Waals surface area contributed by atoms with Gasteiger partial charge in [0.15, 0.2) is 5.79 Å². The Hall–Kier alpha value is -0.980. The number of nitrogens with one attached hydrogen (secondary N) is 1. The van der Waals surface area contributed by atoms with Crippen LogP contribution in [-0.4, -0.2) is 35.9 Å². The number of aryl methyl sites for hydroxylation is 1. The molecule has 2 fully saturated rings. The highest BCUT2D eigenvalue weighted by atomic mass is 32.1. The molecular weight excluding hydrogens is 288 g/mol. The monoisotopic (exact) mass is 310 g/mol. The molecule has 0 bridgehead atoms. The average molecular weight is 310 g/mol. The molecule has 5 nitrogen and oxygen atoms in total. The average Bonchev–Trinajstić information content (AvgIpc) is 3.07. The van der Waals surface area contributed by atoms with Crippen LogP contribution in [0.4, 0.5) is 0 Å². The van der Waals surface area contributed by atoms with Crippen molar-refractivity contribution in [2.45, 2.75) is 51.4 Å². The molecule has 1 atom stereocenters. The highest BCUT2D eigenvalue weighted by Gasteiger charge is 2.43. The van der Waals surface area contributed by atoms with Gasteiger partial charge in [0.2, 0.25) is 0 Å². The van der Waals surface area contributed by atoms with Crippen LogP contribution >= 0.6 is 11.3 Å². The minimum Gasteiger partial charge on any atom is -0.349 e. The maximum atomic E-state index is 12.1. The van der Waals surface area contributed by atoms with E-state index in [1.54, 1.807) is 5.51 Å². The fourth-order valence-electron chi connectivity index (χ4n) is 2.99. The zero-order valence-corrected chi connectivity index (χ0v) is 13.4. The van der Waals surface area contributed by atoms with Crippen molar-refractivity contribution in [2.24, 2.45) is 5.92 Å². The first kappa shape index (κ1) is 14.9. The van der Waals surface area contributed by atoms with Crippen LogP contribution in [0.25, 0.3) is 0 Å². The van der Waals surface area contributed by atoms with E-state index in [2.05, 4.69) is 17.2 Å². The normalized spacial score (nSPS) is 32.5. The maximum absolute atomic E-state index is 12.1. The molecule has 21 heavy (non-hydrogen) atoms. The second-order valence-electron chi connectivity index (χ2n) is 6.12. The third-order valence-electron chi connectivity index (χ3n) is 4.39. The van der Waals surface area contributed by atoms with Crippen LogP contribution in [0.5, 0.6) is 0 Å². The fraction of sp³-hybridized carbons (Fsp3) is 0.733. The lowest BCUT2D eigenvalue weighted by molar-refractivity contribution is -0.191. The van der Waals surface area contributed by atoms with Gasteiger partial charge >= 0.3 is 0 Å². The fourth-order valence-corrected chi connectivity index (χ4v) is 3.71. The number of hydrogen-bond donors (Lipinski definition) is 1. The zero-order chi connectivity index (χ0) is 14.9. The van der Waals surface area contributed by atoms with Gasteiger partial charge in [-0.2, -0.15) is 0 Å². The number of amides is 1. The number of aromatic nitrogens is 1. The lowest BCUT2D eigenvalue weighted by Crippen LogP contribution is -2.38. The summed E-state index contributed by atoms with van der Waals surface area (Å²) in [6, 6.07) is 0. The Morgan fingerprint density at radius 1 is 1.52 bits per heavy atom. The first-order valence-electron chi connectivity index (χ1n) is 7.58. The van der Waals surface area contributed by atoms with E-state index in [0.29, 0.717) is 18.0 Å². The summed E-state index contributed by atoms with van der Waals surface area (Å²) < 4.78 is 12.0. The van der Waals surface area contributed by atoms with Crippen molar-refractivity contribution < 1.29 is 14.3 Å². The molecule has 1 saturated carbocycles. The molecule has 3 rings (SSSR count). The first-order chi connectivity index (χ1) is 10.1. The number of carbonyl (C=O) groups is 1. The van der Waals surface area contributed by atoms with Gasteiger partial charge in [-0.1, -0.05) is 6.92 Å². The molecule has 1 aromatic heterocycles. The van der Waals surface area contributed by atoms with E-state index in [4.69, 9.17) is 9.47 Å². The van der Waals surface area contributed by atoms with Crippen LogP contribution in [0.15, 0.2) is 5.51 Å². The van der Waals surface area contributed by atoms with Crippen LogP contribution in [-0.2, 0) is 9.47 Å². The quantitative estimate of drug-likeness (QED) is 0.932. The van der Waals surface area contributed by atoms with Crippen LogP contribution < -0.4 is 5.32 Å². The van der Waals surface area contributed by atoms with E-state index in [-0.39, 0.29) is 17.8 Å². The predicted octanol–water partition coefficient (Wildman–Crippen LogP) is 2.50. The van der Waals surface area contributed by atoms with Gasteiger partial charge in [-0.05, 0) is 25.7 Å². The molecule has 1 saturated heterocycles. The van der Waals surface area contributed by atoms with Crippen LogP contribution in [0.3, 0.4) is 0 Å². The van der Waals surface area contributed by atoms with E-state index in [1.807, 2.05) is 6.92 Å². The van der Waals surface area contributed by atoms with Gasteiger partial charge in [0.05, 0.1) is 17.8 Å². The van der Waals surface area contributed by atoms with Crippen LogP contribution in [0, 0.1) is 12.8 Å². The number of carbonyl (C=O) groups excluding carboxylic acids is 1. The summed E-state index contributed by atoms with van der Waals surface area (Å²) >= 11 is 1.37. The second-order valence-corrected chi connectivity index (χ2v) is 6.98. The van der Waals surface area contributed by atoms with Crippen molar-refractivity contribution in [3.8, 4) is 0 Å². The SMILES string of the molecule is Cc1ncsc1C(=O)NC[C@H]1COC2(CCC(C)CC2)O1. The van der Waals surface area contributed by atoms with Gasteiger partial charge in [-0.25, -0.2) is 4.98 Å². The summed E-state index contributed by atoms with van der Waals surface area (Å²) in [5, 5.41) is 2.93. The molecule has 6 heteroatoms. The summed E-state index contributed by atoms with van der Waals surface area (Å²) in [4.78, 5) is 16.8. The Kier molecular flexibility index (Phi) is 4.28. The van der Waals surface area contributed by atoms with E-state index in [1.165, 1.54) is 11.3 Å². The van der Waals surface area contributed by atoms with E-state index in [0.717, 1.165) is 37.3 Å². The number of ether oxygens (including phenoxy) is 2. The maximum Gasteiger partial charge on any atom is 0.263 e. The van der Waals surface area contributed by atoms with Gasteiger partial charge in [0, 0.05) is 19.4 Å². The molecule has 2 aliphatic rings. The van der Waals surface area contributed by atoms with Gasteiger partial charge in [-0.3, -0.25) is 4.79 Å². The van der Waals surface area contributed by atoms with Crippen LogP contribution in [0.1, 0.15) is 48.0 Å². The summed E-state index contributed by atoms with van der Waals surface area (Å²) in [5.74, 6) is 0.301. The molecule has 0 radical (unpaired) electrons. The summed E-state index contributed by atoms with van der Waals surface area (Å²) in [7, 11) is 0. The van der Waals surface area contributed by atoms with Gasteiger partial charge in [0.1, 0.15) is 11.0 Å². The molecule has 116 valence electrons. The van der Waals surface area contributed by atoms with Crippen molar-refractivity contribution in [3.05, 3.63) is 16.1 Å². The first-order valence-corrected chi connectivity index (χ1v) is 8.46. The van der Waals surface area contributed by atoms with Gasteiger partial charge < -0.3 is 14.8 Å². The highest BCUT2D eigenvalue weighted by molar-refractivity contribution is 7.11. The summed E-state index contributed by atoms with van der Waals surface area (Å²) in [6.45, 7) is 5.18. The molecule has 0 aromatic carbocycles. The summed E-state index contributed by atoms with van der Waals surface area (Å²) in [6.07, 6.45) is 4.19. The lowest BCUT2D eigenvalue weighted by Gasteiger charge is -2.34. The molecule has 1 aromatic rings. The number of thiazole rings is 1. The molecule has 0 unspecified atom stereocenters. The van der Waals surface area contributed by atoms with Crippen molar-refractivity contribution in [2.75, 3.05) is 13.2 Å². The Balaban J connectivity index is 1.49. The van der Waals surface area contributed by atoms with Crippen molar-refractivity contribution in [1.29, 1.82) is 0 Å². The Morgan fingerprint density at radius 3 is 2.95 bits per heavy atom. The second kappa shape index (κ2) is 6.02. The molecule has 1 amide bonds. The summed E-state index contributed by atoms with van der Waals surface area (Å²) in [5.41, 5.74) is 2.47. The van der Waals surface area contributed by atoms with Crippen molar-refractivity contribution >= 4 is 17.2 Å². The Bertz CT molecular complexity index is 509. The van der Waals surface area contributed by atoms with Crippen LogP contribution in [0.2, 0.25) is 0 Å². The van der Waals surface area contributed by atoms with E-state index in [9.17, 15) is 4.79 Å². The number of nitrogens with zero attached hydrogens (tertiary/aromatic N) is 1. The van der Waals surface area contributed by atoms with Gasteiger partial charge in [0.25, 0.3) is 5.91 Å². The third kappa shape index (κ3) is 3.27. The molecule has 1 aliphatic carbocycles. The number of rotatable bonds is 3.